The van der Waals surface area contributed by atoms with Crippen LogP contribution in [0.1, 0.15) is 5.69 Å². The number of carboxylic acid groups (broad SMARTS) is 1. The Labute approximate surface area is 135 Å². The summed E-state index contributed by atoms with van der Waals surface area (Å²) >= 11 is 2.78. The molecule has 1 unspecified atom stereocenters. The van der Waals surface area contributed by atoms with Gasteiger partial charge in [0.15, 0.2) is 0 Å². The summed E-state index contributed by atoms with van der Waals surface area (Å²) in [6.45, 7) is 0. The maximum Gasteiger partial charge on any atom is 0.353 e. The van der Waals surface area contributed by atoms with E-state index in [2.05, 4.69) is 4.98 Å². The molecule has 3 N–H and O–H groups in total. The summed E-state index contributed by atoms with van der Waals surface area (Å²) in [7, 11) is 0. The fourth-order valence-electron chi connectivity index (χ4n) is 2.24. The number of aromatic nitrogens is 1. The molecular formula is C14H13N3O3S2. The Kier molecular flexibility index (Phi) is 4.23. The van der Waals surface area contributed by atoms with Crippen molar-refractivity contribution >= 4 is 41.5 Å². The minimum absolute atomic E-state index is 0.0473. The normalized spacial score (nSPS) is 24.4. The number of carbonyl (C=O) groups is 2. The molecule has 1 aromatic heterocycles. The molecule has 0 spiro atoms. The molecule has 2 atom stereocenters. The second-order valence-electron chi connectivity index (χ2n) is 4.69. The van der Waals surface area contributed by atoms with Crippen molar-refractivity contribution in [2.45, 2.75) is 11.4 Å². The number of β-lactam (4-membered cyclic amide) rings is 1. The predicted molar refractivity (Wildman–Crippen MR) is 86.6 cm³/mol. The molecule has 0 radical (unpaired) electrons. The van der Waals surface area contributed by atoms with Crippen LogP contribution in [-0.2, 0) is 9.59 Å². The third-order valence-corrected chi connectivity index (χ3v) is 5.69. The van der Waals surface area contributed by atoms with E-state index in [1.165, 1.54) is 28.4 Å². The summed E-state index contributed by atoms with van der Waals surface area (Å²) in [5.74, 6) is -0.901. The van der Waals surface area contributed by atoms with Gasteiger partial charge in [0.25, 0.3) is 0 Å². The minimum Gasteiger partial charge on any atom is -0.477 e. The Hall–Kier alpha value is -1.77. The fourth-order valence-corrected chi connectivity index (χ4v) is 4.52. The van der Waals surface area contributed by atoms with Gasteiger partial charge in [-0.2, -0.15) is 0 Å². The molecule has 3 heterocycles. The van der Waals surface area contributed by atoms with Gasteiger partial charge in [0.1, 0.15) is 17.1 Å². The summed E-state index contributed by atoms with van der Waals surface area (Å²) in [6, 6.07) is 4.95. The molecule has 0 bridgehead atoms. The summed E-state index contributed by atoms with van der Waals surface area (Å²) in [6.07, 6.45) is 3.49. The zero-order valence-electron chi connectivity index (χ0n) is 11.4. The van der Waals surface area contributed by atoms with Crippen molar-refractivity contribution in [1.29, 1.82) is 0 Å². The quantitative estimate of drug-likeness (QED) is 0.801. The largest absolute Gasteiger partial charge is 0.477 e. The SMILES string of the molecule is NC1C(=O)N2C(C(=O)O)=C(SC=Cc3ccccn3)CS[C@@H]12. The van der Waals surface area contributed by atoms with Crippen LogP contribution in [0.3, 0.4) is 0 Å². The molecule has 6 nitrogen and oxygen atoms in total. The smallest absolute Gasteiger partial charge is 0.353 e. The van der Waals surface area contributed by atoms with E-state index >= 15 is 0 Å². The van der Waals surface area contributed by atoms with Crippen molar-refractivity contribution in [3.05, 3.63) is 46.1 Å². The number of amides is 1. The molecule has 0 aliphatic carbocycles. The second-order valence-corrected chi connectivity index (χ2v) is 6.79. The van der Waals surface area contributed by atoms with Gasteiger partial charge in [-0.25, -0.2) is 4.79 Å². The number of nitrogens with zero attached hydrogens (tertiary/aromatic N) is 2. The van der Waals surface area contributed by atoms with Gasteiger partial charge in [0.2, 0.25) is 5.91 Å². The van der Waals surface area contributed by atoms with Gasteiger partial charge < -0.3 is 10.8 Å². The van der Waals surface area contributed by atoms with E-state index in [0.29, 0.717) is 10.7 Å². The average Bonchev–Trinajstić information content (AvgIpc) is 2.54. The van der Waals surface area contributed by atoms with E-state index in [0.717, 1.165) is 5.69 Å². The van der Waals surface area contributed by atoms with Crippen LogP contribution in [0.5, 0.6) is 0 Å². The van der Waals surface area contributed by atoms with Gasteiger partial charge in [-0.1, -0.05) is 17.8 Å². The van der Waals surface area contributed by atoms with Crippen molar-refractivity contribution in [2.75, 3.05) is 5.75 Å². The molecule has 3 rings (SSSR count). The summed E-state index contributed by atoms with van der Waals surface area (Å²) in [5, 5.41) is 10.9. The van der Waals surface area contributed by atoms with Crippen LogP contribution in [0, 0.1) is 0 Å². The average molecular weight is 335 g/mol. The lowest BCUT2D eigenvalue weighted by Gasteiger charge is -2.47. The van der Waals surface area contributed by atoms with Crippen LogP contribution >= 0.6 is 23.5 Å². The molecule has 1 fully saturated rings. The van der Waals surface area contributed by atoms with Crippen LogP contribution in [0.2, 0.25) is 0 Å². The number of pyridine rings is 1. The monoisotopic (exact) mass is 335 g/mol. The van der Waals surface area contributed by atoms with Crippen LogP contribution in [0.15, 0.2) is 40.4 Å². The zero-order valence-corrected chi connectivity index (χ0v) is 13.0. The Morgan fingerprint density at radius 2 is 2.36 bits per heavy atom. The molecule has 1 amide bonds. The van der Waals surface area contributed by atoms with E-state index < -0.39 is 12.0 Å². The molecule has 2 aliphatic rings. The van der Waals surface area contributed by atoms with Crippen LogP contribution < -0.4 is 5.73 Å². The lowest BCUT2D eigenvalue weighted by Crippen LogP contribution is -2.68. The zero-order chi connectivity index (χ0) is 15.7. The molecule has 2 aliphatic heterocycles. The van der Waals surface area contributed by atoms with E-state index in [4.69, 9.17) is 5.73 Å². The van der Waals surface area contributed by atoms with Crippen LogP contribution in [0.25, 0.3) is 6.08 Å². The first-order chi connectivity index (χ1) is 10.6. The van der Waals surface area contributed by atoms with Crippen molar-refractivity contribution in [1.82, 2.24) is 9.88 Å². The van der Waals surface area contributed by atoms with Crippen molar-refractivity contribution in [3.63, 3.8) is 0 Å². The van der Waals surface area contributed by atoms with E-state index in [1.807, 2.05) is 18.2 Å². The molecule has 1 aromatic rings. The molecule has 114 valence electrons. The first kappa shape index (κ1) is 15.1. The summed E-state index contributed by atoms with van der Waals surface area (Å²) in [5.41, 5.74) is 6.54. The molecule has 0 aromatic carbocycles. The molecule has 22 heavy (non-hydrogen) atoms. The number of hydrogen-bond acceptors (Lipinski definition) is 6. The number of aliphatic carboxylic acids is 1. The Bertz CT molecular complexity index is 675. The van der Waals surface area contributed by atoms with Crippen molar-refractivity contribution in [2.24, 2.45) is 5.73 Å². The highest BCUT2D eigenvalue weighted by Gasteiger charge is 2.51. The molecule has 8 heteroatoms. The highest BCUT2D eigenvalue weighted by atomic mass is 32.2. The standard InChI is InChI=1S/C14H13N3O3S2/c15-10-12(18)17-11(14(19)20)9(7-22-13(10)17)21-6-4-8-3-1-2-5-16-8/h1-6,10,13H,7,15H2,(H,19,20)/t10?,13-/m0/s1. The number of thioether (sulfide) groups is 2. The van der Waals surface area contributed by atoms with Gasteiger partial charge in [-0.3, -0.25) is 14.7 Å². The van der Waals surface area contributed by atoms with E-state index in [1.54, 1.807) is 17.7 Å². The predicted octanol–water partition coefficient (Wildman–Crippen LogP) is 1.32. The Balaban J connectivity index is 1.80. The van der Waals surface area contributed by atoms with Gasteiger partial charge >= 0.3 is 5.97 Å². The molecule has 0 saturated carbocycles. The van der Waals surface area contributed by atoms with Gasteiger partial charge in [-0.15, -0.1) is 11.8 Å². The van der Waals surface area contributed by atoms with Gasteiger partial charge in [0.05, 0.1) is 5.69 Å². The highest BCUT2D eigenvalue weighted by molar-refractivity contribution is 8.08. The maximum atomic E-state index is 11.8. The highest BCUT2D eigenvalue weighted by Crippen LogP contribution is 2.42. The second kappa shape index (κ2) is 6.15. The van der Waals surface area contributed by atoms with E-state index in [9.17, 15) is 14.7 Å². The number of rotatable bonds is 4. The number of carboxylic acids is 1. The lowest BCUT2D eigenvalue weighted by molar-refractivity contribution is -0.147. The summed E-state index contributed by atoms with van der Waals surface area (Å²) < 4.78 is 0. The van der Waals surface area contributed by atoms with Gasteiger partial charge in [0, 0.05) is 16.9 Å². The number of nitrogens with two attached hydrogens (primary N) is 1. The van der Waals surface area contributed by atoms with E-state index in [-0.39, 0.29) is 17.0 Å². The minimum atomic E-state index is -1.10. The molecular weight excluding hydrogens is 322 g/mol. The van der Waals surface area contributed by atoms with Gasteiger partial charge in [-0.05, 0) is 23.6 Å². The number of carbonyl (C=O) groups excluding carboxylic acids is 1. The Morgan fingerprint density at radius 3 is 3.05 bits per heavy atom. The number of hydrogen-bond donors (Lipinski definition) is 2. The Morgan fingerprint density at radius 1 is 1.55 bits per heavy atom. The first-order valence-electron chi connectivity index (χ1n) is 6.50. The fraction of sp³-hybridized carbons (Fsp3) is 0.214. The third-order valence-electron chi connectivity index (χ3n) is 3.31. The maximum absolute atomic E-state index is 11.8. The van der Waals surface area contributed by atoms with Crippen molar-refractivity contribution in [3.8, 4) is 0 Å². The molecule has 1 saturated heterocycles. The summed E-state index contributed by atoms with van der Waals surface area (Å²) in [4.78, 5) is 29.4. The lowest BCUT2D eigenvalue weighted by atomic mass is 10.1. The van der Waals surface area contributed by atoms with Crippen LogP contribution in [0.4, 0.5) is 0 Å². The number of fused-ring (bicyclic) bond motifs is 1. The van der Waals surface area contributed by atoms with Crippen LogP contribution in [-0.4, -0.2) is 44.0 Å². The van der Waals surface area contributed by atoms with Crippen molar-refractivity contribution < 1.29 is 14.7 Å². The topological polar surface area (TPSA) is 96.5 Å². The first-order valence-corrected chi connectivity index (χ1v) is 8.43. The third kappa shape index (κ3) is 2.65.